The number of hydrogen-bond donors (Lipinski definition) is 1. The van der Waals surface area contributed by atoms with Crippen LogP contribution in [0.3, 0.4) is 0 Å². The molecule has 0 bridgehead atoms. The summed E-state index contributed by atoms with van der Waals surface area (Å²) in [6, 6.07) is 0. The van der Waals surface area contributed by atoms with Gasteiger partial charge in [0.2, 0.25) is 10.0 Å². The van der Waals surface area contributed by atoms with Crippen molar-refractivity contribution < 1.29 is 17.9 Å². The molecule has 21 heavy (non-hydrogen) atoms. The monoisotopic (exact) mass is 317 g/mol. The molecule has 1 atom stereocenters. The molecule has 1 heterocycles. The van der Waals surface area contributed by atoms with Gasteiger partial charge in [0.05, 0.1) is 23.9 Å². The largest absolute Gasteiger partial charge is 0.466 e. The minimum Gasteiger partial charge on any atom is -0.466 e. The fraction of sp³-hybridized carbons (Fsp3) is 0.692. The minimum atomic E-state index is -3.70. The number of nitrogens with one attached hydrogen (secondary N) is 1. The first-order chi connectivity index (χ1) is 9.74. The van der Waals surface area contributed by atoms with E-state index < -0.39 is 21.9 Å². The van der Waals surface area contributed by atoms with Gasteiger partial charge in [-0.3, -0.25) is 9.48 Å². The summed E-state index contributed by atoms with van der Waals surface area (Å²) in [5, 5.41) is 4.19. The van der Waals surface area contributed by atoms with Gasteiger partial charge in [-0.05, 0) is 27.7 Å². The normalized spacial score (nSPS) is 13.2. The first-order valence-corrected chi connectivity index (χ1v) is 8.43. The van der Waals surface area contributed by atoms with Crippen molar-refractivity contribution in [2.75, 3.05) is 13.2 Å². The van der Waals surface area contributed by atoms with Crippen LogP contribution in [-0.4, -0.2) is 37.3 Å². The molecule has 0 radical (unpaired) electrons. The summed E-state index contributed by atoms with van der Waals surface area (Å²) >= 11 is 0. The molecular formula is C13H23N3O4S. The van der Waals surface area contributed by atoms with Crippen LogP contribution in [-0.2, 0) is 26.1 Å². The summed E-state index contributed by atoms with van der Waals surface area (Å²) in [6.45, 7) is 9.47. The van der Waals surface area contributed by atoms with Crippen LogP contribution in [0.5, 0.6) is 0 Å². The second-order valence-corrected chi connectivity index (χ2v) is 6.52. The van der Waals surface area contributed by atoms with Crippen LogP contribution in [0.1, 0.15) is 32.2 Å². The highest BCUT2D eigenvalue weighted by Crippen LogP contribution is 2.19. The number of sulfonamides is 1. The summed E-state index contributed by atoms with van der Waals surface area (Å²) in [5.74, 6) is -0.959. The number of carbonyl (C=O) groups excluding carboxylic acids is 1. The minimum absolute atomic E-state index is 0.00263. The molecule has 0 saturated heterocycles. The Bertz CT molecular complexity index is 607. The molecule has 0 amide bonds. The van der Waals surface area contributed by atoms with Gasteiger partial charge in [-0.2, -0.15) is 5.10 Å². The lowest BCUT2D eigenvalue weighted by Crippen LogP contribution is -2.33. The lowest BCUT2D eigenvalue weighted by Gasteiger charge is -2.12. The summed E-state index contributed by atoms with van der Waals surface area (Å²) in [4.78, 5) is 11.7. The first-order valence-electron chi connectivity index (χ1n) is 6.94. The predicted octanol–water partition coefficient (Wildman–Crippen LogP) is 0.997. The number of hydrogen-bond acceptors (Lipinski definition) is 5. The van der Waals surface area contributed by atoms with Gasteiger partial charge in [0, 0.05) is 13.1 Å². The van der Waals surface area contributed by atoms with Crippen LogP contribution in [0.4, 0.5) is 0 Å². The van der Waals surface area contributed by atoms with Crippen LogP contribution in [0, 0.1) is 19.8 Å². The Labute approximate surface area is 125 Å². The van der Waals surface area contributed by atoms with Gasteiger partial charge in [0.1, 0.15) is 4.90 Å². The lowest BCUT2D eigenvalue weighted by atomic mass is 10.2. The van der Waals surface area contributed by atoms with E-state index >= 15 is 0 Å². The molecule has 0 spiro atoms. The highest BCUT2D eigenvalue weighted by Gasteiger charge is 2.25. The van der Waals surface area contributed by atoms with Crippen molar-refractivity contribution >= 4 is 16.0 Å². The van der Waals surface area contributed by atoms with Crippen LogP contribution < -0.4 is 4.72 Å². The molecule has 0 fully saturated rings. The van der Waals surface area contributed by atoms with Gasteiger partial charge < -0.3 is 4.74 Å². The molecule has 1 N–H and O–H groups in total. The SMILES string of the molecule is CCOC(=O)[C@H](C)CNS(=O)(=O)c1c(C)nn(CC)c1C. The van der Waals surface area contributed by atoms with Gasteiger partial charge in [-0.25, -0.2) is 13.1 Å². The second kappa shape index (κ2) is 7.04. The van der Waals surface area contributed by atoms with E-state index in [4.69, 9.17) is 4.74 Å². The molecule has 1 rings (SSSR count). The van der Waals surface area contributed by atoms with Crippen molar-refractivity contribution in [3.05, 3.63) is 11.4 Å². The van der Waals surface area contributed by atoms with Gasteiger partial charge in [-0.1, -0.05) is 6.92 Å². The van der Waals surface area contributed by atoms with E-state index in [1.165, 1.54) is 0 Å². The Kier molecular flexibility index (Phi) is 5.91. The van der Waals surface area contributed by atoms with Gasteiger partial charge >= 0.3 is 5.97 Å². The molecule has 0 unspecified atom stereocenters. The Morgan fingerprint density at radius 1 is 1.38 bits per heavy atom. The highest BCUT2D eigenvalue weighted by atomic mass is 32.2. The Balaban J connectivity index is 2.88. The quantitative estimate of drug-likeness (QED) is 0.758. The molecule has 0 aromatic carbocycles. The third-order valence-corrected chi connectivity index (χ3v) is 4.83. The Morgan fingerprint density at radius 3 is 2.48 bits per heavy atom. The molecule has 1 aromatic rings. The molecular weight excluding hydrogens is 294 g/mol. The number of nitrogens with zero attached hydrogens (tertiary/aromatic N) is 2. The van der Waals surface area contributed by atoms with Crippen LogP contribution in [0.25, 0.3) is 0 Å². The number of carbonyl (C=O) groups is 1. The van der Waals surface area contributed by atoms with E-state index in [-0.39, 0.29) is 18.0 Å². The molecule has 0 saturated carbocycles. The Morgan fingerprint density at radius 2 is 2.00 bits per heavy atom. The molecule has 1 aromatic heterocycles. The smallest absolute Gasteiger partial charge is 0.309 e. The number of esters is 1. The summed E-state index contributed by atoms with van der Waals surface area (Å²) in [5.41, 5.74) is 1.04. The maximum absolute atomic E-state index is 12.4. The Hall–Kier alpha value is -1.41. The highest BCUT2D eigenvalue weighted by molar-refractivity contribution is 7.89. The van der Waals surface area contributed by atoms with E-state index in [0.29, 0.717) is 17.9 Å². The number of aromatic nitrogens is 2. The fourth-order valence-electron chi connectivity index (χ4n) is 2.05. The zero-order chi connectivity index (χ0) is 16.2. The van der Waals surface area contributed by atoms with Gasteiger partial charge in [0.15, 0.2) is 0 Å². The van der Waals surface area contributed by atoms with Crippen molar-refractivity contribution in [3.63, 3.8) is 0 Å². The average molecular weight is 317 g/mol. The number of rotatable bonds is 7. The molecule has 8 heteroatoms. The number of aryl methyl sites for hydroxylation is 2. The molecule has 7 nitrogen and oxygen atoms in total. The van der Waals surface area contributed by atoms with Crippen molar-refractivity contribution in [2.24, 2.45) is 5.92 Å². The third-order valence-electron chi connectivity index (χ3n) is 3.15. The third kappa shape index (κ3) is 4.04. The topological polar surface area (TPSA) is 90.3 Å². The van der Waals surface area contributed by atoms with Crippen molar-refractivity contribution in [1.82, 2.24) is 14.5 Å². The predicted molar refractivity (Wildman–Crippen MR) is 78.4 cm³/mol. The van der Waals surface area contributed by atoms with Gasteiger partial charge in [0.25, 0.3) is 0 Å². The zero-order valence-electron chi connectivity index (χ0n) is 13.1. The fourth-order valence-corrected chi connectivity index (χ4v) is 3.59. The van der Waals surface area contributed by atoms with Crippen molar-refractivity contribution in [3.8, 4) is 0 Å². The van der Waals surface area contributed by atoms with Crippen LogP contribution in [0.15, 0.2) is 4.90 Å². The standard InChI is InChI=1S/C13H23N3O4S/c1-6-16-11(5)12(10(4)15-16)21(18,19)14-8-9(3)13(17)20-7-2/h9,14H,6-8H2,1-5H3/t9-/m1/s1. The van der Waals surface area contributed by atoms with E-state index in [1.54, 1.807) is 32.4 Å². The van der Waals surface area contributed by atoms with Crippen LogP contribution >= 0.6 is 0 Å². The molecule has 120 valence electrons. The van der Waals surface area contributed by atoms with Gasteiger partial charge in [-0.15, -0.1) is 0 Å². The van der Waals surface area contributed by atoms with E-state index in [0.717, 1.165) is 0 Å². The second-order valence-electron chi connectivity index (χ2n) is 4.82. The maximum Gasteiger partial charge on any atom is 0.309 e. The maximum atomic E-state index is 12.4. The summed E-state index contributed by atoms with van der Waals surface area (Å²) < 4.78 is 33.7. The van der Waals surface area contributed by atoms with E-state index in [2.05, 4.69) is 9.82 Å². The first kappa shape index (κ1) is 17.6. The van der Waals surface area contributed by atoms with E-state index in [1.807, 2.05) is 6.92 Å². The molecule has 0 aliphatic heterocycles. The molecule has 0 aliphatic carbocycles. The number of ether oxygens (including phenoxy) is 1. The zero-order valence-corrected chi connectivity index (χ0v) is 14.0. The summed E-state index contributed by atoms with van der Waals surface area (Å²) in [7, 11) is -3.70. The van der Waals surface area contributed by atoms with E-state index in [9.17, 15) is 13.2 Å². The summed E-state index contributed by atoms with van der Waals surface area (Å²) in [6.07, 6.45) is 0. The molecule has 0 aliphatic rings. The van der Waals surface area contributed by atoms with Crippen molar-refractivity contribution in [1.29, 1.82) is 0 Å². The average Bonchev–Trinajstić information content (AvgIpc) is 2.71. The van der Waals surface area contributed by atoms with Crippen molar-refractivity contribution in [2.45, 2.75) is 46.1 Å². The lowest BCUT2D eigenvalue weighted by molar-refractivity contribution is -0.147. The van der Waals surface area contributed by atoms with Crippen LogP contribution in [0.2, 0.25) is 0 Å².